The molecular weight excluding hydrogens is 434 g/mol. The monoisotopic (exact) mass is 469 g/mol. The number of ether oxygens (including phenoxy) is 2. The fraction of sp³-hybridized carbons (Fsp3) is 0.444. The number of thiocarbonyl (C=S) groups is 1. The highest BCUT2D eigenvalue weighted by Gasteiger charge is 2.26. The molecule has 0 spiro atoms. The molecule has 0 heterocycles. The summed E-state index contributed by atoms with van der Waals surface area (Å²) in [6.07, 6.45) is 0.392. The molecule has 0 radical (unpaired) electrons. The number of esters is 1. The zero-order valence-electron chi connectivity index (χ0n) is 20.4. The van der Waals surface area contributed by atoms with Crippen molar-refractivity contribution in [1.82, 2.24) is 5.32 Å². The molecule has 0 saturated heterocycles. The molecule has 2 rings (SSSR count). The summed E-state index contributed by atoms with van der Waals surface area (Å²) in [5.41, 5.74) is 2.14. The Morgan fingerprint density at radius 1 is 0.848 bits per heavy atom. The van der Waals surface area contributed by atoms with Gasteiger partial charge >= 0.3 is 5.97 Å². The average molecular weight is 470 g/mol. The van der Waals surface area contributed by atoms with E-state index in [4.69, 9.17) is 21.7 Å². The van der Waals surface area contributed by atoms with Gasteiger partial charge in [0.2, 0.25) is 5.91 Å². The molecular formula is C27H35NO4S. The molecule has 2 aromatic carbocycles. The zero-order chi connectivity index (χ0) is 24.6. The van der Waals surface area contributed by atoms with Crippen LogP contribution >= 0.6 is 12.2 Å². The Morgan fingerprint density at radius 2 is 1.39 bits per heavy atom. The molecule has 6 heteroatoms. The Bertz CT molecular complexity index is 941. The van der Waals surface area contributed by atoms with Gasteiger partial charge in [0.1, 0.15) is 11.2 Å². The van der Waals surface area contributed by atoms with Gasteiger partial charge in [0, 0.05) is 0 Å². The predicted molar refractivity (Wildman–Crippen MR) is 136 cm³/mol. The number of benzene rings is 2. The van der Waals surface area contributed by atoms with E-state index in [-0.39, 0.29) is 18.9 Å². The van der Waals surface area contributed by atoms with Crippen LogP contribution in [0.3, 0.4) is 0 Å². The first-order valence-electron chi connectivity index (χ1n) is 11.2. The second-order valence-electron chi connectivity index (χ2n) is 10.1. The number of carbonyl (C=O) groups excluding carboxylic acids is 2. The zero-order valence-corrected chi connectivity index (χ0v) is 21.3. The number of amides is 1. The highest BCUT2D eigenvalue weighted by molar-refractivity contribution is 7.80. The lowest BCUT2D eigenvalue weighted by molar-refractivity contribution is -0.157. The standard InChI is InChI=1S/C27H35NO4S/c1-26(2,3)31-23(29)17-22(25(30)28-18-24(33)32-27(4,5)6)16-19-12-14-21(15-13-19)20-10-8-7-9-11-20/h7-15,22H,16-18H2,1-6H3,(H,28,30)/t22-/m1/s1. The Balaban J connectivity index is 2.10. The van der Waals surface area contributed by atoms with Gasteiger partial charge in [-0.2, -0.15) is 0 Å². The van der Waals surface area contributed by atoms with E-state index in [9.17, 15) is 9.59 Å². The molecule has 2 aromatic rings. The quantitative estimate of drug-likeness (QED) is 0.408. The summed E-state index contributed by atoms with van der Waals surface area (Å²) in [4.78, 5) is 25.4. The first kappa shape index (κ1) is 26.5. The first-order valence-corrected chi connectivity index (χ1v) is 11.6. The van der Waals surface area contributed by atoms with E-state index in [0.717, 1.165) is 16.7 Å². The van der Waals surface area contributed by atoms with Crippen molar-refractivity contribution in [2.24, 2.45) is 5.92 Å². The van der Waals surface area contributed by atoms with E-state index in [0.29, 0.717) is 11.5 Å². The highest BCUT2D eigenvalue weighted by atomic mass is 32.1. The molecule has 0 saturated carbocycles. The van der Waals surface area contributed by atoms with Gasteiger partial charge in [-0.3, -0.25) is 9.59 Å². The second kappa shape index (κ2) is 11.4. The van der Waals surface area contributed by atoms with Crippen molar-refractivity contribution >= 4 is 29.1 Å². The lowest BCUT2D eigenvalue weighted by atomic mass is 9.93. The Hall–Kier alpha value is -2.73. The van der Waals surface area contributed by atoms with Gasteiger partial charge < -0.3 is 14.8 Å². The first-order chi connectivity index (χ1) is 15.3. The Morgan fingerprint density at radius 3 is 1.94 bits per heavy atom. The fourth-order valence-electron chi connectivity index (χ4n) is 3.27. The molecule has 33 heavy (non-hydrogen) atoms. The topological polar surface area (TPSA) is 64.6 Å². The van der Waals surface area contributed by atoms with Gasteiger partial charge in [0.25, 0.3) is 0 Å². The normalized spacial score (nSPS) is 12.5. The predicted octanol–water partition coefficient (Wildman–Crippen LogP) is 5.50. The van der Waals surface area contributed by atoms with Gasteiger partial charge in [-0.05, 0) is 76.9 Å². The van der Waals surface area contributed by atoms with Crippen molar-refractivity contribution in [3.05, 3.63) is 60.2 Å². The summed E-state index contributed by atoms with van der Waals surface area (Å²) >= 11 is 5.23. The van der Waals surface area contributed by atoms with Gasteiger partial charge in [-0.25, -0.2) is 0 Å². The smallest absolute Gasteiger partial charge is 0.307 e. The molecule has 0 fully saturated rings. The van der Waals surface area contributed by atoms with Gasteiger partial charge in [-0.1, -0.05) is 54.6 Å². The van der Waals surface area contributed by atoms with E-state index in [2.05, 4.69) is 17.4 Å². The lowest BCUT2D eigenvalue weighted by Gasteiger charge is -2.23. The summed E-state index contributed by atoms with van der Waals surface area (Å²) in [6.45, 7) is 11.2. The molecule has 1 amide bonds. The summed E-state index contributed by atoms with van der Waals surface area (Å²) in [7, 11) is 0. The summed E-state index contributed by atoms with van der Waals surface area (Å²) in [5.74, 6) is -1.25. The fourth-order valence-corrected chi connectivity index (χ4v) is 3.59. The van der Waals surface area contributed by atoms with Crippen LogP contribution in [0.25, 0.3) is 11.1 Å². The van der Waals surface area contributed by atoms with Gasteiger partial charge in [0.05, 0.1) is 18.9 Å². The largest absolute Gasteiger partial charge is 0.480 e. The third kappa shape index (κ3) is 10.2. The molecule has 178 valence electrons. The summed E-state index contributed by atoms with van der Waals surface area (Å²) in [5, 5.41) is 3.12. The van der Waals surface area contributed by atoms with Crippen LogP contribution in [-0.2, 0) is 25.5 Å². The molecule has 0 aliphatic heterocycles. The van der Waals surface area contributed by atoms with Gasteiger partial charge in [-0.15, -0.1) is 0 Å². The summed E-state index contributed by atoms with van der Waals surface area (Å²) in [6, 6.07) is 18.1. The molecule has 1 N–H and O–H groups in total. The van der Waals surface area contributed by atoms with Gasteiger partial charge in [0.15, 0.2) is 5.05 Å². The number of rotatable bonds is 8. The molecule has 5 nitrogen and oxygen atoms in total. The lowest BCUT2D eigenvalue weighted by Crippen LogP contribution is -2.39. The average Bonchev–Trinajstić information content (AvgIpc) is 2.70. The SMILES string of the molecule is CC(C)(C)OC(=O)C[C@@H](Cc1ccc(-c2ccccc2)cc1)C(=O)NCC(=S)OC(C)(C)C. The van der Waals surface area contributed by atoms with Crippen LogP contribution < -0.4 is 5.32 Å². The van der Waals surface area contributed by atoms with Crippen LogP contribution in [0, 0.1) is 5.92 Å². The number of carbonyl (C=O) groups is 2. The minimum Gasteiger partial charge on any atom is -0.480 e. The van der Waals surface area contributed by atoms with Crippen molar-refractivity contribution in [1.29, 1.82) is 0 Å². The van der Waals surface area contributed by atoms with Crippen molar-refractivity contribution in [3.8, 4) is 11.1 Å². The third-order valence-corrected chi connectivity index (χ3v) is 4.80. The maximum Gasteiger partial charge on any atom is 0.307 e. The van der Waals surface area contributed by atoms with E-state index in [1.807, 2.05) is 84.0 Å². The molecule has 0 unspecified atom stereocenters. The van der Waals surface area contributed by atoms with Crippen LogP contribution in [-0.4, -0.2) is 34.7 Å². The van der Waals surface area contributed by atoms with Crippen LogP contribution in [0.15, 0.2) is 54.6 Å². The van der Waals surface area contributed by atoms with Crippen molar-refractivity contribution in [3.63, 3.8) is 0 Å². The highest BCUT2D eigenvalue weighted by Crippen LogP contribution is 2.22. The third-order valence-electron chi connectivity index (χ3n) is 4.57. The Labute approximate surface area is 202 Å². The Kier molecular flexibility index (Phi) is 9.17. The van der Waals surface area contributed by atoms with Crippen molar-refractivity contribution in [2.75, 3.05) is 6.54 Å². The van der Waals surface area contributed by atoms with Crippen LogP contribution in [0.5, 0.6) is 0 Å². The number of hydrogen-bond donors (Lipinski definition) is 1. The molecule has 0 aromatic heterocycles. The molecule has 1 atom stereocenters. The van der Waals surface area contributed by atoms with Crippen molar-refractivity contribution in [2.45, 2.75) is 65.6 Å². The molecule has 0 aliphatic carbocycles. The minimum absolute atomic E-state index is 0.0174. The van der Waals surface area contributed by atoms with E-state index >= 15 is 0 Å². The second-order valence-corrected chi connectivity index (χ2v) is 10.5. The van der Waals surface area contributed by atoms with E-state index in [1.165, 1.54) is 0 Å². The number of nitrogens with one attached hydrogen (secondary N) is 1. The maximum atomic E-state index is 13.0. The van der Waals surface area contributed by atoms with E-state index < -0.39 is 23.1 Å². The van der Waals surface area contributed by atoms with Crippen LogP contribution in [0.4, 0.5) is 0 Å². The number of hydrogen-bond acceptors (Lipinski definition) is 5. The molecule has 0 aliphatic rings. The van der Waals surface area contributed by atoms with Crippen molar-refractivity contribution < 1.29 is 19.1 Å². The minimum atomic E-state index is -0.614. The van der Waals surface area contributed by atoms with E-state index in [1.54, 1.807) is 0 Å². The maximum absolute atomic E-state index is 13.0. The molecule has 0 bridgehead atoms. The summed E-state index contributed by atoms with van der Waals surface area (Å²) < 4.78 is 11.1. The van der Waals surface area contributed by atoms with Crippen LogP contribution in [0.1, 0.15) is 53.5 Å². The van der Waals surface area contributed by atoms with Crippen LogP contribution in [0.2, 0.25) is 0 Å².